The van der Waals surface area contributed by atoms with Crippen LogP contribution in [-0.4, -0.2) is 14.5 Å². The maximum atomic E-state index is 12.3. The average molecular weight is 296 g/mol. The van der Waals surface area contributed by atoms with Gasteiger partial charge in [-0.3, -0.25) is 19.9 Å². The van der Waals surface area contributed by atoms with Crippen molar-refractivity contribution >= 4 is 28.0 Å². The van der Waals surface area contributed by atoms with Crippen molar-refractivity contribution < 1.29 is 4.92 Å². The lowest BCUT2D eigenvalue weighted by atomic mass is 10.1. The van der Waals surface area contributed by atoms with E-state index in [1.807, 2.05) is 0 Å². The molecule has 0 aliphatic rings. The molecule has 1 N–H and O–H groups in total. The second-order valence-corrected chi connectivity index (χ2v) is 4.73. The minimum absolute atomic E-state index is 0.178. The molecular formula is C15H12N4O3. The zero-order valence-electron chi connectivity index (χ0n) is 11.7. The highest BCUT2D eigenvalue weighted by atomic mass is 16.6. The van der Waals surface area contributed by atoms with Crippen molar-refractivity contribution in [3.63, 3.8) is 0 Å². The Morgan fingerprint density at radius 2 is 2.00 bits per heavy atom. The lowest BCUT2D eigenvalue weighted by molar-refractivity contribution is -0.385. The van der Waals surface area contributed by atoms with E-state index in [0.29, 0.717) is 16.6 Å². The number of nitrogens with one attached hydrogen (secondary N) is 1. The quantitative estimate of drug-likeness (QED) is 0.592. The van der Waals surface area contributed by atoms with E-state index in [1.54, 1.807) is 42.6 Å². The van der Waals surface area contributed by atoms with Gasteiger partial charge in [-0.05, 0) is 18.2 Å². The van der Waals surface area contributed by atoms with Crippen molar-refractivity contribution in [1.82, 2.24) is 9.55 Å². The van der Waals surface area contributed by atoms with Crippen LogP contribution < -0.4 is 10.9 Å². The minimum atomic E-state index is -0.659. The third-order valence-electron chi connectivity index (χ3n) is 3.39. The molecule has 0 radical (unpaired) electrons. The lowest BCUT2D eigenvalue weighted by Gasteiger charge is -2.12. The van der Waals surface area contributed by atoms with Crippen LogP contribution in [0.25, 0.3) is 10.9 Å². The summed E-state index contributed by atoms with van der Waals surface area (Å²) in [4.78, 5) is 27.0. The van der Waals surface area contributed by atoms with Crippen LogP contribution >= 0.6 is 0 Å². The van der Waals surface area contributed by atoms with Gasteiger partial charge in [0.05, 0.1) is 22.3 Å². The molecule has 0 spiro atoms. The number of fused-ring (bicyclic) bond motifs is 1. The van der Waals surface area contributed by atoms with Gasteiger partial charge in [-0.25, -0.2) is 0 Å². The number of aryl methyl sites for hydroxylation is 1. The van der Waals surface area contributed by atoms with Gasteiger partial charge in [-0.2, -0.15) is 0 Å². The average Bonchev–Trinajstić information content (AvgIpc) is 2.53. The molecule has 0 saturated carbocycles. The van der Waals surface area contributed by atoms with Crippen molar-refractivity contribution in [2.45, 2.75) is 0 Å². The summed E-state index contributed by atoms with van der Waals surface area (Å²) >= 11 is 0. The number of nitro groups is 1. The Kier molecular flexibility index (Phi) is 3.30. The van der Waals surface area contributed by atoms with Crippen molar-refractivity contribution in [2.24, 2.45) is 7.05 Å². The molecule has 0 aliphatic carbocycles. The van der Waals surface area contributed by atoms with Gasteiger partial charge in [0.15, 0.2) is 0 Å². The van der Waals surface area contributed by atoms with Gasteiger partial charge in [0.25, 0.3) is 0 Å². The van der Waals surface area contributed by atoms with E-state index in [9.17, 15) is 14.9 Å². The highest BCUT2D eigenvalue weighted by Gasteiger charge is 2.24. The van der Waals surface area contributed by atoms with Gasteiger partial charge in [-0.15, -0.1) is 0 Å². The molecule has 2 aromatic heterocycles. The molecule has 2 heterocycles. The monoisotopic (exact) mass is 296 g/mol. The molecule has 3 rings (SSSR count). The fourth-order valence-electron chi connectivity index (χ4n) is 2.36. The summed E-state index contributed by atoms with van der Waals surface area (Å²) in [5.41, 5.74) is 0.227. The Balaban J connectivity index is 2.35. The third-order valence-corrected chi connectivity index (χ3v) is 3.39. The molecule has 0 unspecified atom stereocenters. The number of para-hydroxylation sites is 1. The standard InChI is InChI=1S/C15H12N4O3/c1-18-12-7-3-2-6-11(12)13(14(15(18)20)19(21)22)17-10-5-4-8-16-9-10/h2-9,17H,1H3. The van der Waals surface area contributed by atoms with Crippen LogP contribution in [0.15, 0.2) is 53.6 Å². The van der Waals surface area contributed by atoms with Crippen LogP contribution in [0.1, 0.15) is 0 Å². The predicted octanol–water partition coefficient (Wildman–Crippen LogP) is 2.59. The Hall–Kier alpha value is -3.22. The number of anilines is 2. The van der Waals surface area contributed by atoms with Crippen LogP contribution in [0.2, 0.25) is 0 Å². The second-order valence-electron chi connectivity index (χ2n) is 4.73. The highest BCUT2D eigenvalue weighted by Crippen LogP contribution is 2.31. The molecule has 0 saturated heterocycles. The van der Waals surface area contributed by atoms with Crippen LogP contribution in [0.4, 0.5) is 17.1 Å². The number of hydrogen-bond donors (Lipinski definition) is 1. The number of nitrogens with zero attached hydrogens (tertiary/aromatic N) is 3. The first-order chi connectivity index (χ1) is 10.6. The molecule has 7 heteroatoms. The molecule has 3 aromatic rings. The number of pyridine rings is 2. The fraction of sp³-hybridized carbons (Fsp3) is 0.0667. The van der Waals surface area contributed by atoms with Crippen LogP contribution in [-0.2, 0) is 7.05 Å². The van der Waals surface area contributed by atoms with Gasteiger partial charge in [0, 0.05) is 18.6 Å². The molecule has 0 aliphatic heterocycles. The zero-order valence-corrected chi connectivity index (χ0v) is 11.7. The molecule has 110 valence electrons. The SMILES string of the molecule is Cn1c(=O)c([N+](=O)[O-])c(Nc2cccnc2)c2ccccc21. The Morgan fingerprint density at radius 1 is 1.23 bits per heavy atom. The van der Waals surface area contributed by atoms with Crippen LogP contribution in [0.3, 0.4) is 0 Å². The van der Waals surface area contributed by atoms with E-state index < -0.39 is 16.2 Å². The summed E-state index contributed by atoms with van der Waals surface area (Å²) in [7, 11) is 1.52. The lowest BCUT2D eigenvalue weighted by Crippen LogP contribution is -2.21. The highest BCUT2D eigenvalue weighted by molar-refractivity contribution is 5.97. The van der Waals surface area contributed by atoms with E-state index in [0.717, 1.165) is 0 Å². The molecule has 1 aromatic carbocycles. The van der Waals surface area contributed by atoms with Gasteiger partial charge in [0.1, 0.15) is 5.69 Å². The van der Waals surface area contributed by atoms with Gasteiger partial charge in [0.2, 0.25) is 0 Å². The van der Waals surface area contributed by atoms with Crippen LogP contribution in [0, 0.1) is 10.1 Å². The van der Waals surface area contributed by atoms with E-state index in [4.69, 9.17) is 0 Å². The molecular weight excluding hydrogens is 284 g/mol. The van der Waals surface area contributed by atoms with E-state index in [-0.39, 0.29) is 5.69 Å². The molecule has 0 amide bonds. The number of aromatic nitrogens is 2. The van der Waals surface area contributed by atoms with Crippen LogP contribution in [0.5, 0.6) is 0 Å². The van der Waals surface area contributed by atoms with Gasteiger partial charge in [-0.1, -0.05) is 18.2 Å². The van der Waals surface area contributed by atoms with E-state index in [1.165, 1.54) is 17.8 Å². The summed E-state index contributed by atoms with van der Waals surface area (Å²) in [6, 6.07) is 10.5. The number of rotatable bonds is 3. The zero-order chi connectivity index (χ0) is 15.7. The van der Waals surface area contributed by atoms with Crippen molar-refractivity contribution in [3.8, 4) is 0 Å². The molecule has 7 nitrogen and oxygen atoms in total. The minimum Gasteiger partial charge on any atom is -0.348 e. The normalized spacial score (nSPS) is 10.6. The third kappa shape index (κ3) is 2.18. The van der Waals surface area contributed by atoms with E-state index >= 15 is 0 Å². The second kappa shape index (κ2) is 5.28. The molecule has 0 bridgehead atoms. The van der Waals surface area contributed by atoms with Crippen molar-refractivity contribution in [1.29, 1.82) is 0 Å². The first kappa shape index (κ1) is 13.7. The topological polar surface area (TPSA) is 90.1 Å². The number of hydrogen-bond acceptors (Lipinski definition) is 5. The summed E-state index contributed by atoms with van der Waals surface area (Å²) in [6.07, 6.45) is 3.14. The molecule has 0 fully saturated rings. The molecule has 22 heavy (non-hydrogen) atoms. The Bertz CT molecular complexity index is 919. The number of benzene rings is 1. The van der Waals surface area contributed by atoms with Crippen molar-refractivity contribution in [2.75, 3.05) is 5.32 Å². The maximum Gasteiger partial charge on any atom is 0.357 e. The molecule has 0 atom stereocenters. The predicted molar refractivity (Wildman–Crippen MR) is 83.4 cm³/mol. The summed E-state index contributed by atoms with van der Waals surface area (Å²) in [6.45, 7) is 0. The Labute approximate surface area is 125 Å². The summed E-state index contributed by atoms with van der Waals surface area (Å²) in [5.74, 6) is 0. The largest absolute Gasteiger partial charge is 0.357 e. The van der Waals surface area contributed by atoms with Crippen molar-refractivity contribution in [3.05, 3.63) is 69.3 Å². The summed E-state index contributed by atoms with van der Waals surface area (Å²) < 4.78 is 1.28. The van der Waals surface area contributed by atoms with E-state index in [2.05, 4.69) is 10.3 Å². The summed E-state index contributed by atoms with van der Waals surface area (Å²) in [5, 5.41) is 14.9. The maximum absolute atomic E-state index is 12.3. The first-order valence-corrected chi connectivity index (χ1v) is 6.53. The fourth-order valence-corrected chi connectivity index (χ4v) is 2.36. The first-order valence-electron chi connectivity index (χ1n) is 6.53. The van der Waals surface area contributed by atoms with Gasteiger partial charge >= 0.3 is 11.2 Å². The Morgan fingerprint density at radius 3 is 2.68 bits per heavy atom. The smallest absolute Gasteiger partial charge is 0.348 e. The van der Waals surface area contributed by atoms with Gasteiger partial charge < -0.3 is 9.88 Å².